The molecule has 0 spiro atoms. The summed E-state index contributed by atoms with van der Waals surface area (Å²) < 4.78 is 15.5. The first-order valence-corrected chi connectivity index (χ1v) is 6.72. The largest absolute Gasteiger partial charge is 0.493 e. The van der Waals surface area contributed by atoms with Crippen LogP contribution in [0.3, 0.4) is 0 Å². The number of rotatable bonds is 7. The van der Waals surface area contributed by atoms with Gasteiger partial charge in [0.2, 0.25) is 0 Å². The molecule has 1 aromatic rings. The highest BCUT2D eigenvalue weighted by Crippen LogP contribution is 2.28. The van der Waals surface area contributed by atoms with Crippen molar-refractivity contribution in [2.24, 2.45) is 0 Å². The van der Waals surface area contributed by atoms with Gasteiger partial charge < -0.3 is 19.5 Å². The van der Waals surface area contributed by atoms with Crippen LogP contribution in [0.15, 0.2) is 18.2 Å². The Morgan fingerprint density at radius 3 is 2.65 bits per heavy atom. The number of carbonyl (C=O) groups is 1. The van der Waals surface area contributed by atoms with Crippen molar-refractivity contribution < 1.29 is 19.0 Å². The van der Waals surface area contributed by atoms with E-state index in [9.17, 15) is 4.79 Å². The van der Waals surface area contributed by atoms with E-state index in [2.05, 4.69) is 5.32 Å². The first-order chi connectivity index (χ1) is 9.59. The molecule has 1 aromatic carbocycles. The number of hydrogen-bond acceptors (Lipinski definition) is 4. The SMILES string of the molecule is COc1ccc(CCCNC(=O)C2(C)CO2)cc1OC. The molecular formula is C15H21NO4. The van der Waals surface area contributed by atoms with E-state index in [4.69, 9.17) is 14.2 Å². The van der Waals surface area contributed by atoms with Crippen LogP contribution in [-0.2, 0) is 16.0 Å². The zero-order valence-corrected chi connectivity index (χ0v) is 12.2. The number of ether oxygens (including phenoxy) is 3. The fraction of sp³-hybridized carbons (Fsp3) is 0.533. The molecule has 2 rings (SSSR count). The number of hydrogen-bond donors (Lipinski definition) is 1. The van der Waals surface area contributed by atoms with Gasteiger partial charge in [-0.15, -0.1) is 0 Å². The zero-order valence-electron chi connectivity index (χ0n) is 12.2. The van der Waals surface area contributed by atoms with Gasteiger partial charge in [-0.3, -0.25) is 4.79 Å². The number of epoxide rings is 1. The van der Waals surface area contributed by atoms with Crippen molar-refractivity contribution in [3.63, 3.8) is 0 Å². The molecule has 20 heavy (non-hydrogen) atoms. The topological polar surface area (TPSA) is 60.1 Å². The van der Waals surface area contributed by atoms with Gasteiger partial charge in [-0.25, -0.2) is 0 Å². The lowest BCUT2D eigenvalue weighted by Gasteiger charge is -2.10. The molecular weight excluding hydrogens is 258 g/mol. The quantitative estimate of drug-likeness (QED) is 0.607. The van der Waals surface area contributed by atoms with E-state index in [0.29, 0.717) is 13.2 Å². The lowest BCUT2D eigenvalue weighted by atomic mass is 10.1. The molecule has 5 nitrogen and oxygen atoms in total. The molecule has 1 amide bonds. The molecule has 0 aromatic heterocycles. The van der Waals surface area contributed by atoms with Gasteiger partial charge in [0.25, 0.3) is 5.91 Å². The summed E-state index contributed by atoms with van der Waals surface area (Å²) in [6.07, 6.45) is 1.75. The van der Waals surface area contributed by atoms with Crippen molar-refractivity contribution in [2.45, 2.75) is 25.4 Å². The molecule has 1 N–H and O–H groups in total. The second-order valence-electron chi connectivity index (χ2n) is 5.07. The Kier molecular flexibility index (Phi) is 4.49. The number of amides is 1. The van der Waals surface area contributed by atoms with Gasteiger partial charge in [0, 0.05) is 6.54 Å². The minimum atomic E-state index is -0.580. The molecule has 1 saturated heterocycles. The summed E-state index contributed by atoms with van der Waals surface area (Å²) in [5.74, 6) is 1.43. The van der Waals surface area contributed by atoms with Gasteiger partial charge in [0.15, 0.2) is 17.1 Å². The lowest BCUT2D eigenvalue weighted by Crippen LogP contribution is -2.36. The van der Waals surface area contributed by atoms with Crippen LogP contribution in [0.5, 0.6) is 11.5 Å². The van der Waals surface area contributed by atoms with Crippen LogP contribution in [-0.4, -0.2) is 38.9 Å². The summed E-state index contributed by atoms with van der Waals surface area (Å²) in [5, 5.41) is 2.89. The summed E-state index contributed by atoms with van der Waals surface area (Å²) in [6, 6.07) is 5.87. The highest BCUT2D eigenvalue weighted by molar-refractivity contribution is 5.87. The van der Waals surface area contributed by atoms with Gasteiger partial charge in [-0.2, -0.15) is 0 Å². The van der Waals surface area contributed by atoms with E-state index in [-0.39, 0.29) is 5.91 Å². The number of methoxy groups -OCH3 is 2. The zero-order chi connectivity index (χ0) is 14.6. The third-order valence-electron chi connectivity index (χ3n) is 3.43. The summed E-state index contributed by atoms with van der Waals surface area (Å²) in [5.41, 5.74) is 0.578. The van der Waals surface area contributed by atoms with Crippen LogP contribution in [0, 0.1) is 0 Å². The Morgan fingerprint density at radius 1 is 1.35 bits per heavy atom. The van der Waals surface area contributed by atoms with E-state index in [1.165, 1.54) is 0 Å². The molecule has 1 unspecified atom stereocenters. The standard InChI is InChI=1S/C15H21NO4/c1-15(10-20-15)14(17)16-8-4-5-11-6-7-12(18-2)13(9-11)19-3/h6-7,9H,4-5,8,10H2,1-3H3,(H,16,17). The monoisotopic (exact) mass is 279 g/mol. The van der Waals surface area contributed by atoms with Gasteiger partial charge in [0.05, 0.1) is 20.8 Å². The van der Waals surface area contributed by atoms with E-state index in [0.717, 1.165) is 29.9 Å². The predicted molar refractivity (Wildman–Crippen MR) is 75.2 cm³/mol. The Labute approximate surface area is 119 Å². The van der Waals surface area contributed by atoms with Crippen LogP contribution < -0.4 is 14.8 Å². The van der Waals surface area contributed by atoms with Crippen LogP contribution in [0.25, 0.3) is 0 Å². The van der Waals surface area contributed by atoms with Crippen molar-refractivity contribution in [1.82, 2.24) is 5.32 Å². The second kappa shape index (κ2) is 6.13. The maximum atomic E-state index is 11.6. The maximum absolute atomic E-state index is 11.6. The van der Waals surface area contributed by atoms with Crippen LogP contribution in [0.2, 0.25) is 0 Å². The van der Waals surface area contributed by atoms with Crippen molar-refractivity contribution >= 4 is 5.91 Å². The number of nitrogens with one attached hydrogen (secondary N) is 1. The van der Waals surface area contributed by atoms with Gasteiger partial charge in [-0.05, 0) is 37.5 Å². The molecule has 1 aliphatic rings. The summed E-state index contributed by atoms with van der Waals surface area (Å²) in [6.45, 7) is 2.97. The molecule has 5 heteroatoms. The average Bonchev–Trinajstić information content (AvgIpc) is 3.22. The van der Waals surface area contributed by atoms with Gasteiger partial charge in [-0.1, -0.05) is 6.07 Å². The van der Waals surface area contributed by atoms with Crippen LogP contribution in [0.1, 0.15) is 18.9 Å². The van der Waals surface area contributed by atoms with Crippen molar-refractivity contribution in [3.05, 3.63) is 23.8 Å². The van der Waals surface area contributed by atoms with E-state index < -0.39 is 5.60 Å². The Hall–Kier alpha value is -1.75. The molecule has 0 aliphatic carbocycles. The number of carbonyl (C=O) groups excluding carboxylic acids is 1. The molecule has 1 fully saturated rings. The van der Waals surface area contributed by atoms with E-state index >= 15 is 0 Å². The first-order valence-electron chi connectivity index (χ1n) is 6.72. The summed E-state index contributed by atoms with van der Waals surface area (Å²) in [7, 11) is 3.24. The summed E-state index contributed by atoms with van der Waals surface area (Å²) >= 11 is 0. The van der Waals surface area contributed by atoms with Crippen LogP contribution in [0.4, 0.5) is 0 Å². The number of aryl methyl sites for hydroxylation is 1. The predicted octanol–water partition coefficient (Wildman–Crippen LogP) is 1.54. The molecule has 0 radical (unpaired) electrons. The smallest absolute Gasteiger partial charge is 0.254 e. The fourth-order valence-electron chi connectivity index (χ4n) is 1.96. The molecule has 0 bridgehead atoms. The molecule has 1 aliphatic heterocycles. The molecule has 1 heterocycles. The Bertz CT molecular complexity index is 483. The first kappa shape index (κ1) is 14.7. The van der Waals surface area contributed by atoms with Crippen molar-refractivity contribution in [2.75, 3.05) is 27.4 Å². The van der Waals surface area contributed by atoms with Crippen molar-refractivity contribution in [3.8, 4) is 11.5 Å². The van der Waals surface area contributed by atoms with Gasteiger partial charge >= 0.3 is 0 Å². The average molecular weight is 279 g/mol. The second-order valence-corrected chi connectivity index (χ2v) is 5.07. The van der Waals surface area contributed by atoms with E-state index in [1.807, 2.05) is 18.2 Å². The highest BCUT2D eigenvalue weighted by Gasteiger charge is 2.46. The third kappa shape index (κ3) is 3.42. The fourth-order valence-corrected chi connectivity index (χ4v) is 1.96. The van der Waals surface area contributed by atoms with Crippen LogP contribution >= 0.6 is 0 Å². The molecule has 0 saturated carbocycles. The number of benzene rings is 1. The Morgan fingerprint density at radius 2 is 2.05 bits per heavy atom. The van der Waals surface area contributed by atoms with Gasteiger partial charge in [0.1, 0.15) is 0 Å². The highest BCUT2D eigenvalue weighted by atomic mass is 16.6. The normalized spacial score (nSPS) is 20.4. The van der Waals surface area contributed by atoms with E-state index in [1.54, 1.807) is 21.1 Å². The minimum Gasteiger partial charge on any atom is -0.493 e. The molecule has 1 atom stereocenters. The third-order valence-corrected chi connectivity index (χ3v) is 3.43. The lowest BCUT2D eigenvalue weighted by molar-refractivity contribution is -0.125. The maximum Gasteiger partial charge on any atom is 0.254 e. The Balaban J connectivity index is 1.78. The van der Waals surface area contributed by atoms with Crippen molar-refractivity contribution in [1.29, 1.82) is 0 Å². The summed E-state index contributed by atoms with van der Waals surface area (Å²) in [4.78, 5) is 11.6. The minimum absolute atomic E-state index is 0.0233. The molecule has 110 valence electrons.